The zero-order chi connectivity index (χ0) is 28.6. The number of hydrogen-bond donors (Lipinski definition) is 2. The van der Waals surface area contributed by atoms with E-state index in [0.29, 0.717) is 26.2 Å². The van der Waals surface area contributed by atoms with E-state index >= 15 is 0 Å². The van der Waals surface area contributed by atoms with Gasteiger partial charge in [0, 0.05) is 17.5 Å². The Labute approximate surface area is 237 Å². The molecule has 0 saturated carbocycles. The highest BCUT2D eigenvalue weighted by Gasteiger charge is 2.47. The van der Waals surface area contributed by atoms with E-state index in [1.807, 2.05) is 67.6 Å². The van der Waals surface area contributed by atoms with Crippen molar-refractivity contribution in [2.75, 3.05) is 31.5 Å². The number of fused-ring (bicyclic) bond motifs is 1. The van der Waals surface area contributed by atoms with Crippen LogP contribution in [0, 0.1) is 6.92 Å². The molecule has 0 aliphatic carbocycles. The van der Waals surface area contributed by atoms with Crippen molar-refractivity contribution in [3.8, 4) is 0 Å². The molecule has 41 heavy (non-hydrogen) atoms. The Hall–Kier alpha value is -4.11. The first-order valence-electron chi connectivity index (χ1n) is 14.0. The Balaban J connectivity index is 1.23. The average molecular weight is 561 g/mol. The lowest BCUT2D eigenvalue weighted by molar-refractivity contribution is -0.929. The second kappa shape index (κ2) is 11.0. The van der Waals surface area contributed by atoms with E-state index in [2.05, 4.69) is 34.7 Å². The summed E-state index contributed by atoms with van der Waals surface area (Å²) in [5, 5.41) is 7.29. The molecule has 4 aromatic rings. The number of piperazine rings is 1. The first-order valence-corrected chi connectivity index (χ1v) is 14.0. The van der Waals surface area contributed by atoms with E-state index < -0.39 is 18.3 Å². The standard InChI is InChI=1S/C32H32F3N5O/c1-22-12-14-23(15-13-22)27-20-28(32(33,34)35)40-30(37-27)26(21-36-40)31(41)39-18-16-38(17-19-39)29(24-8-4-2-5-9-24)25-10-6-3-7-11-25/h2-15,21,27-29,37H,16-20H2,1H3/p+1/t27-,28-/m1/s1. The Morgan fingerprint density at radius 3 is 2.07 bits per heavy atom. The van der Waals surface area contributed by atoms with Crippen LogP contribution in [0.1, 0.15) is 57.2 Å². The van der Waals surface area contributed by atoms with Gasteiger partial charge in [-0.15, -0.1) is 0 Å². The summed E-state index contributed by atoms with van der Waals surface area (Å²) in [6.07, 6.45) is -3.40. The molecule has 3 heterocycles. The van der Waals surface area contributed by atoms with Gasteiger partial charge in [0.05, 0.1) is 38.4 Å². The number of aryl methyl sites for hydroxylation is 1. The topological polar surface area (TPSA) is 54.6 Å². The van der Waals surface area contributed by atoms with Crippen LogP contribution in [0.5, 0.6) is 0 Å². The number of rotatable bonds is 5. The average Bonchev–Trinajstić information content (AvgIpc) is 3.42. The maximum Gasteiger partial charge on any atom is 0.410 e. The molecule has 1 amide bonds. The van der Waals surface area contributed by atoms with Crippen LogP contribution < -0.4 is 10.2 Å². The molecule has 2 atom stereocenters. The van der Waals surface area contributed by atoms with Crippen molar-refractivity contribution in [2.45, 2.75) is 37.6 Å². The summed E-state index contributed by atoms with van der Waals surface area (Å²) >= 11 is 0. The lowest BCUT2D eigenvalue weighted by Gasteiger charge is -2.37. The van der Waals surface area contributed by atoms with Crippen LogP contribution in [0.25, 0.3) is 0 Å². The van der Waals surface area contributed by atoms with Crippen molar-refractivity contribution in [3.63, 3.8) is 0 Å². The van der Waals surface area contributed by atoms with Crippen LogP contribution in [0.2, 0.25) is 0 Å². The lowest BCUT2D eigenvalue weighted by atomic mass is 9.95. The molecule has 2 N–H and O–H groups in total. The van der Waals surface area contributed by atoms with Gasteiger partial charge >= 0.3 is 6.18 Å². The molecule has 9 heteroatoms. The summed E-state index contributed by atoms with van der Waals surface area (Å²) in [5.74, 6) is -0.158. The first-order chi connectivity index (χ1) is 19.8. The highest BCUT2D eigenvalue weighted by molar-refractivity contribution is 5.99. The first kappa shape index (κ1) is 27.1. The van der Waals surface area contributed by atoms with Gasteiger partial charge in [0.15, 0.2) is 6.04 Å². The van der Waals surface area contributed by atoms with E-state index in [0.717, 1.165) is 15.8 Å². The Bertz CT molecular complexity index is 1440. The Kier molecular flexibility index (Phi) is 7.30. The molecule has 0 unspecified atom stereocenters. The third-order valence-corrected chi connectivity index (χ3v) is 8.32. The fourth-order valence-corrected chi connectivity index (χ4v) is 6.15. The van der Waals surface area contributed by atoms with Crippen molar-refractivity contribution < 1.29 is 22.9 Å². The number of alkyl halides is 3. The molecule has 0 bridgehead atoms. The molecule has 0 spiro atoms. The van der Waals surface area contributed by atoms with Gasteiger partial charge in [-0.2, -0.15) is 18.3 Å². The minimum atomic E-state index is -4.50. The fraction of sp³-hybridized carbons (Fsp3) is 0.312. The predicted molar refractivity (Wildman–Crippen MR) is 151 cm³/mol. The largest absolute Gasteiger partial charge is 0.410 e. The third kappa shape index (κ3) is 5.46. The second-order valence-electron chi connectivity index (χ2n) is 11.0. The summed E-state index contributed by atoms with van der Waals surface area (Å²) in [6.45, 7) is 4.37. The lowest BCUT2D eigenvalue weighted by Crippen LogP contribution is -3.15. The normalized spacial score (nSPS) is 19.6. The maximum atomic E-state index is 14.2. The van der Waals surface area contributed by atoms with Crippen LogP contribution >= 0.6 is 0 Å². The molecule has 1 fully saturated rings. The Morgan fingerprint density at radius 2 is 1.51 bits per heavy atom. The number of amides is 1. The van der Waals surface area contributed by atoms with Gasteiger partial charge in [-0.3, -0.25) is 4.79 Å². The minimum absolute atomic E-state index is 0.128. The van der Waals surface area contributed by atoms with E-state index in [1.165, 1.54) is 22.2 Å². The van der Waals surface area contributed by atoms with Gasteiger partial charge in [0.25, 0.3) is 5.91 Å². The number of anilines is 1. The van der Waals surface area contributed by atoms with E-state index in [1.54, 1.807) is 4.90 Å². The quantitative estimate of drug-likeness (QED) is 0.362. The van der Waals surface area contributed by atoms with Crippen LogP contribution in [-0.2, 0) is 0 Å². The number of benzene rings is 3. The molecule has 2 aliphatic heterocycles. The van der Waals surface area contributed by atoms with Crippen molar-refractivity contribution in [1.82, 2.24) is 14.7 Å². The summed E-state index contributed by atoms with van der Waals surface area (Å²) in [7, 11) is 0. The molecule has 212 valence electrons. The van der Waals surface area contributed by atoms with Gasteiger partial charge in [-0.05, 0) is 12.5 Å². The molecule has 3 aromatic carbocycles. The van der Waals surface area contributed by atoms with Crippen molar-refractivity contribution >= 4 is 11.7 Å². The smallest absolute Gasteiger partial charge is 0.363 e. The highest BCUT2D eigenvalue weighted by Crippen LogP contribution is 2.44. The Morgan fingerprint density at radius 1 is 0.927 bits per heavy atom. The summed E-state index contributed by atoms with van der Waals surface area (Å²) in [6, 6.07) is 25.9. The number of carbonyl (C=O) groups excluding carboxylic acids is 1. The van der Waals surface area contributed by atoms with Crippen molar-refractivity contribution in [2.24, 2.45) is 0 Å². The molecular formula is C32H33F3N5O+. The zero-order valence-corrected chi connectivity index (χ0v) is 22.8. The molecule has 6 rings (SSSR count). The summed E-state index contributed by atoms with van der Waals surface area (Å²) in [4.78, 5) is 16.8. The number of nitrogens with zero attached hydrogens (tertiary/aromatic N) is 3. The third-order valence-electron chi connectivity index (χ3n) is 8.32. The molecule has 1 aromatic heterocycles. The van der Waals surface area contributed by atoms with Gasteiger partial charge < -0.3 is 15.1 Å². The van der Waals surface area contributed by atoms with Gasteiger partial charge in [0.2, 0.25) is 0 Å². The van der Waals surface area contributed by atoms with E-state index in [9.17, 15) is 18.0 Å². The number of nitrogens with one attached hydrogen (secondary N) is 2. The van der Waals surface area contributed by atoms with Crippen LogP contribution in [0.3, 0.4) is 0 Å². The molecule has 0 radical (unpaired) electrons. The molecule has 1 saturated heterocycles. The van der Waals surface area contributed by atoms with Crippen LogP contribution in [-0.4, -0.2) is 52.9 Å². The molecule has 2 aliphatic rings. The molecular weight excluding hydrogens is 527 g/mol. The minimum Gasteiger partial charge on any atom is -0.363 e. The van der Waals surface area contributed by atoms with Crippen molar-refractivity contribution in [3.05, 3.63) is 119 Å². The number of quaternary nitrogens is 1. The van der Waals surface area contributed by atoms with E-state index in [4.69, 9.17) is 0 Å². The maximum absolute atomic E-state index is 14.2. The van der Waals surface area contributed by atoms with Gasteiger partial charge in [-0.1, -0.05) is 90.5 Å². The van der Waals surface area contributed by atoms with Crippen molar-refractivity contribution in [1.29, 1.82) is 0 Å². The zero-order valence-electron chi connectivity index (χ0n) is 22.8. The number of halogens is 3. The number of carbonyl (C=O) groups is 1. The second-order valence-corrected chi connectivity index (χ2v) is 11.0. The van der Waals surface area contributed by atoms with Crippen LogP contribution in [0.4, 0.5) is 19.0 Å². The van der Waals surface area contributed by atoms with Gasteiger partial charge in [0.1, 0.15) is 17.4 Å². The fourth-order valence-electron chi connectivity index (χ4n) is 6.15. The number of hydrogen-bond acceptors (Lipinski definition) is 3. The SMILES string of the molecule is Cc1ccc([C@H]2C[C@H](C(F)(F)F)n3ncc(C(=O)N4CC[NH+](C(c5ccccc5)c5ccccc5)CC4)c3N2)cc1. The van der Waals surface area contributed by atoms with E-state index in [-0.39, 0.29) is 29.8 Å². The summed E-state index contributed by atoms with van der Waals surface area (Å²) < 4.78 is 43.4. The summed E-state index contributed by atoms with van der Waals surface area (Å²) in [5.41, 5.74) is 4.39. The van der Waals surface area contributed by atoms with Gasteiger partial charge in [-0.25, -0.2) is 4.68 Å². The van der Waals surface area contributed by atoms with Crippen LogP contribution in [0.15, 0.2) is 91.1 Å². The number of aromatic nitrogens is 2. The highest BCUT2D eigenvalue weighted by atomic mass is 19.4. The predicted octanol–water partition coefficient (Wildman–Crippen LogP) is 4.98. The monoisotopic (exact) mass is 560 g/mol. The molecule has 6 nitrogen and oxygen atoms in total.